The molecule has 2 aliphatic rings. The lowest BCUT2D eigenvalue weighted by Gasteiger charge is -2.14. The molecular formula is C7H11NO3. The van der Waals surface area contributed by atoms with Crippen LogP contribution in [0, 0.1) is 0 Å². The second-order valence-electron chi connectivity index (χ2n) is 2.88. The second-order valence-corrected chi connectivity index (χ2v) is 2.88. The summed E-state index contributed by atoms with van der Waals surface area (Å²) in [5.74, 6) is 0. The highest BCUT2D eigenvalue weighted by molar-refractivity contribution is 5.69. The van der Waals surface area contributed by atoms with E-state index in [9.17, 15) is 4.79 Å². The van der Waals surface area contributed by atoms with Gasteiger partial charge in [-0.25, -0.2) is 4.79 Å². The third kappa shape index (κ3) is 1.30. The van der Waals surface area contributed by atoms with Crippen molar-refractivity contribution in [2.45, 2.75) is 25.0 Å². The normalized spacial score (nSPS) is 36.9. The van der Waals surface area contributed by atoms with Gasteiger partial charge in [-0.15, -0.1) is 0 Å². The van der Waals surface area contributed by atoms with Crippen molar-refractivity contribution in [3.63, 3.8) is 0 Å². The first-order valence-corrected chi connectivity index (χ1v) is 3.92. The molecule has 0 aromatic carbocycles. The number of cyclic esters (lactones) is 1. The fraction of sp³-hybridized carbons (Fsp3) is 0.857. The predicted octanol–water partition coefficient (Wildman–Crippen LogP) is 0.274. The van der Waals surface area contributed by atoms with Crippen molar-refractivity contribution < 1.29 is 14.3 Å². The van der Waals surface area contributed by atoms with Gasteiger partial charge in [0.15, 0.2) is 0 Å². The van der Waals surface area contributed by atoms with E-state index < -0.39 is 0 Å². The lowest BCUT2D eigenvalue weighted by Crippen LogP contribution is -2.28. The van der Waals surface area contributed by atoms with Gasteiger partial charge in [0.1, 0.15) is 6.10 Å². The van der Waals surface area contributed by atoms with Gasteiger partial charge in [0, 0.05) is 6.61 Å². The molecule has 2 atom stereocenters. The van der Waals surface area contributed by atoms with Crippen LogP contribution in [0.2, 0.25) is 0 Å². The van der Waals surface area contributed by atoms with Gasteiger partial charge in [-0.3, -0.25) is 0 Å². The van der Waals surface area contributed by atoms with E-state index in [0.29, 0.717) is 6.54 Å². The fourth-order valence-electron chi connectivity index (χ4n) is 1.51. The van der Waals surface area contributed by atoms with E-state index in [0.717, 1.165) is 19.4 Å². The quantitative estimate of drug-likeness (QED) is 0.594. The summed E-state index contributed by atoms with van der Waals surface area (Å²) in [7, 11) is 0. The number of carbonyl (C=O) groups is 1. The molecule has 0 aromatic heterocycles. The number of alkyl carbamates (subject to hydrolysis) is 1. The number of carbonyl (C=O) groups excluding carboxylic acids is 1. The molecule has 11 heavy (non-hydrogen) atoms. The second kappa shape index (κ2) is 2.70. The standard InChI is InChI=1S/C7H11NO3/c9-7-8-4-6(11-7)5-2-1-3-10-5/h5-6H,1-4H2,(H,8,9). The van der Waals surface area contributed by atoms with Gasteiger partial charge in [0.25, 0.3) is 0 Å². The Morgan fingerprint density at radius 2 is 2.36 bits per heavy atom. The molecule has 62 valence electrons. The maximum atomic E-state index is 10.6. The van der Waals surface area contributed by atoms with Crippen molar-refractivity contribution >= 4 is 6.09 Å². The Morgan fingerprint density at radius 3 is 2.91 bits per heavy atom. The van der Waals surface area contributed by atoms with Crippen LogP contribution in [0.3, 0.4) is 0 Å². The molecule has 0 radical (unpaired) electrons. The van der Waals surface area contributed by atoms with Crippen LogP contribution < -0.4 is 5.32 Å². The van der Waals surface area contributed by atoms with E-state index in [4.69, 9.17) is 9.47 Å². The fourth-order valence-corrected chi connectivity index (χ4v) is 1.51. The Labute approximate surface area is 64.9 Å². The maximum Gasteiger partial charge on any atom is 0.407 e. The van der Waals surface area contributed by atoms with E-state index >= 15 is 0 Å². The number of amides is 1. The lowest BCUT2D eigenvalue weighted by molar-refractivity contribution is 0.0114. The summed E-state index contributed by atoms with van der Waals surface area (Å²) in [6, 6.07) is 0. The minimum absolute atomic E-state index is 0.0509. The number of hydrogen-bond acceptors (Lipinski definition) is 3. The first-order valence-electron chi connectivity index (χ1n) is 3.92. The molecule has 2 rings (SSSR count). The Balaban J connectivity index is 1.90. The zero-order valence-corrected chi connectivity index (χ0v) is 6.21. The van der Waals surface area contributed by atoms with E-state index in [2.05, 4.69) is 5.32 Å². The molecule has 1 amide bonds. The van der Waals surface area contributed by atoms with Gasteiger partial charge in [-0.05, 0) is 12.8 Å². The largest absolute Gasteiger partial charge is 0.442 e. The van der Waals surface area contributed by atoms with Crippen LogP contribution in [0.25, 0.3) is 0 Å². The van der Waals surface area contributed by atoms with Crippen molar-refractivity contribution in [2.75, 3.05) is 13.2 Å². The van der Waals surface area contributed by atoms with Crippen molar-refractivity contribution in [3.05, 3.63) is 0 Å². The van der Waals surface area contributed by atoms with Crippen molar-refractivity contribution in [3.8, 4) is 0 Å². The number of hydrogen-bond donors (Lipinski definition) is 1. The Hall–Kier alpha value is -0.770. The third-order valence-electron chi connectivity index (χ3n) is 2.09. The number of rotatable bonds is 1. The first-order chi connectivity index (χ1) is 5.36. The minimum atomic E-state index is -0.314. The molecule has 2 heterocycles. The zero-order valence-electron chi connectivity index (χ0n) is 6.21. The molecule has 0 aromatic rings. The van der Waals surface area contributed by atoms with Crippen LogP contribution in [0.15, 0.2) is 0 Å². The van der Waals surface area contributed by atoms with Gasteiger partial charge in [0.2, 0.25) is 0 Å². The summed E-state index contributed by atoms with van der Waals surface area (Å²) >= 11 is 0. The molecule has 0 bridgehead atoms. The molecule has 2 fully saturated rings. The summed E-state index contributed by atoms with van der Waals surface area (Å²) in [6.07, 6.45) is 1.86. The average molecular weight is 157 g/mol. The van der Waals surface area contributed by atoms with Crippen molar-refractivity contribution in [1.82, 2.24) is 5.32 Å². The SMILES string of the molecule is O=C1NCC(C2CCCO2)O1. The molecule has 2 saturated heterocycles. The molecule has 0 aliphatic carbocycles. The maximum absolute atomic E-state index is 10.6. The number of nitrogens with one attached hydrogen (secondary N) is 1. The molecule has 4 nitrogen and oxygen atoms in total. The smallest absolute Gasteiger partial charge is 0.407 e. The van der Waals surface area contributed by atoms with Crippen LogP contribution in [0.1, 0.15) is 12.8 Å². The molecule has 2 unspecified atom stereocenters. The van der Waals surface area contributed by atoms with Gasteiger partial charge in [0.05, 0.1) is 12.6 Å². The number of ether oxygens (including phenoxy) is 2. The van der Waals surface area contributed by atoms with Crippen LogP contribution >= 0.6 is 0 Å². The zero-order chi connectivity index (χ0) is 7.68. The summed E-state index contributed by atoms with van der Waals surface area (Å²) in [4.78, 5) is 10.6. The van der Waals surface area contributed by atoms with Crippen molar-refractivity contribution in [2.24, 2.45) is 0 Å². The Kier molecular flexibility index (Phi) is 1.69. The van der Waals surface area contributed by atoms with Gasteiger partial charge in [-0.1, -0.05) is 0 Å². The van der Waals surface area contributed by atoms with Crippen LogP contribution in [-0.2, 0) is 9.47 Å². The van der Waals surface area contributed by atoms with Crippen LogP contribution in [0.5, 0.6) is 0 Å². The Morgan fingerprint density at radius 1 is 1.45 bits per heavy atom. The summed E-state index contributed by atoms with van der Waals surface area (Å²) in [5, 5.41) is 2.61. The highest BCUT2D eigenvalue weighted by atomic mass is 16.6. The minimum Gasteiger partial charge on any atom is -0.442 e. The molecular weight excluding hydrogens is 146 g/mol. The van der Waals surface area contributed by atoms with Crippen LogP contribution in [-0.4, -0.2) is 31.5 Å². The topological polar surface area (TPSA) is 47.6 Å². The van der Waals surface area contributed by atoms with E-state index in [1.807, 2.05) is 0 Å². The first kappa shape index (κ1) is 6.91. The summed E-state index contributed by atoms with van der Waals surface area (Å²) < 4.78 is 10.3. The van der Waals surface area contributed by atoms with Gasteiger partial charge < -0.3 is 14.8 Å². The molecule has 2 aliphatic heterocycles. The average Bonchev–Trinajstić information content (AvgIpc) is 2.55. The Bertz CT molecular complexity index is 165. The summed E-state index contributed by atoms with van der Waals surface area (Å²) in [5.41, 5.74) is 0. The highest BCUT2D eigenvalue weighted by Gasteiger charge is 2.33. The summed E-state index contributed by atoms with van der Waals surface area (Å²) in [6.45, 7) is 1.40. The van der Waals surface area contributed by atoms with Crippen molar-refractivity contribution in [1.29, 1.82) is 0 Å². The van der Waals surface area contributed by atoms with E-state index in [1.165, 1.54) is 0 Å². The third-order valence-corrected chi connectivity index (χ3v) is 2.09. The van der Waals surface area contributed by atoms with Gasteiger partial charge in [-0.2, -0.15) is 0 Å². The van der Waals surface area contributed by atoms with Crippen LogP contribution in [0.4, 0.5) is 4.79 Å². The van der Waals surface area contributed by atoms with Gasteiger partial charge >= 0.3 is 6.09 Å². The molecule has 0 spiro atoms. The highest BCUT2D eigenvalue weighted by Crippen LogP contribution is 2.19. The molecule has 0 saturated carbocycles. The molecule has 1 N–H and O–H groups in total. The molecule has 4 heteroatoms. The predicted molar refractivity (Wildman–Crippen MR) is 37.2 cm³/mol. The monoisotopic (exact) mass is 157 g/mol. The van der Waals surface area contributed by atoms with E-state index in [1.54, 1.807) is 0 Å². The van der Waals surface area contributed by atoms with E-state index in [-0.39, 0.29) is 18.3 Å². The lowest BCUT2D eigenvalue weighted by atomic mass is 10.1.